The first-order valence-electron chi connectivity index (χ1n) is 8.21. The van der Waals surface area contributed by atoms with Gasteiger partial charge in [-0.05, 0) is 49.1 Å². The monoisotopic (exact) mass is 277 g/mol. The van der Waals surface area contributed by atoms with Gasteiger partial charge in [0.15, 0.2) is 0 Å². The summed E-state index contributed by atoms with van der Waals surface area (Å²) in [7, 11) is 0. The van der Waals surface area contributed by atoms with Crippen LogP contribution in [0.3, 0.4) is 0 Å². The zero-order valence-corrected chi connectivity index (χ0v) is 13.9. The van der Waals surface area contributed by atoms with E-state index in [0.717, 1.165) is 26.1 Å². The van der Waals surface area contributed by atoms with Gasteiger partial charge in [-0.15, -0.1) is 0 Å². The van der Waals surface area contributed by atoms with Crippen LogP contribution in [0.5, 0.6) is 0 Å². The van der Waals surface area contributed by atoms with Crippen molar-refractivity contribution >= 4 is 0 Å². The summed E-state index contributed by atoms with van der Waals surface area (Å²) in [6.45, 7) is 14.0. The van der Waals surface area contributed by atoms with Crippen molar-refractivity contribution in [3.63, 3.8) is 0 Å². The molecule has 0 aromatic heterocycles. The average Bonchev–Trinajstić information content (AvgIpc) is 2.87. The third kappa shape index (κ3) is 2.20. The number of rotatable bonds is 4. The van der Waals surface area contributed by atoms with E-state index in [0.29, 0.717) is 12.3 Å². The van der Waals surface area contributed by atoms with E-state index in [4.69, 9.17) is 0 Å². The van der Waals surface area contributed by atoms with Gasteiger partial charge in [-0.1, -0.05) is 46.5 Å². The largest absolute Gasteiger partial charge is 0.388 e. The molecule has 114 valence electrons. The van der Waals surface area contributed by atoms with E-state index in [1.54, 1.807) is 0 Å². The van der Waals surface area contributed by atoms with E-state index < -0.39 is 5.60 Å². The Morgan fingerprint density at radius 3 is 2.30 bits per heavy atom. The van der Waals surface area contributed by atoms with Crippen LogP contribution in [0.15, 0.2) is 0 Å². The van der Waals surface area contributed by atoms with Crippen molar-refractivity contribution in [2.75, 3.05) is 19.6 Å². The molecule has 2 heteroatoms. The van der Waals surface area contributed by atoms with Gasteiger partial charge in [0.05, 0.1) is 12.1 Å². The van der Waals surface area contributed by atoms with Crippen LogP contribution < -0.4 is 0 Å². The molecule has 0 amide bonds. The molecule has 0 spiro atoms. The standard InChI is InChI=1S/C18H31NO/c1-6-19(7-2)13-9-8-11-18(20)16(3,4)15-10-12-17(18,5)14-15/h15,20H,6-7,10-14H2,1-5H3. The third-order valence-corrected chi connectivity index (χ3v) is 6.49. The molecule has 2 aliphatic carbocycles. The molecule has 0 aromatic carbocycles. The molecule has 2 nitrogen and oxygen atoms in total. The molecule has 20 heavy (non-hydrogen) atoms. The Kier molecular flexibility index (Phi) is 4.24. The molecule has 0 radical (unpaired) electrons. The van der Waals surface area contributed by atoms with Crippen molar-refractivity contribution in [3.8, 4) is 11.8 Å². The third-order valence-electron chi connectivity index (χ3n) is 6.49. The lowest BCUT2D eigenvalue weighted by atomic mass is 9.59. The molecular formula is C18H31NO. The van der Waals surface area contributed by atoms with Crippen LogP contribution in [0.2, 0.25) is 0 Å². The minimum absolute atomic E-state index is 0.00385. The van der Waals surface area contributed by atoms with E-state index in [9.17, 15) is 5.11 Å². The second kappa shape index (κ2) is 5.35. The maximum atomic E-state index is 11.3. The minimum Gasteiger partial charge on any atom is -0.388 e. The predicted octanol–water partition coefficient (Wildman–Crippen LogP) is 3.30. The van der Waals surface area contributed by atoms with Gasteiger partial charge in [0.1, 0.15) is 0 Å². The number of fused-ring (bicyclic) bond motifs is 2. The number of hydrogen-bond donors (Lipinski definition) is 1. The van der Waals surface area contributed by atoms with Crippen LogP contribution in [0.1, 0.15) is 60.3 Å². The van der Waals surface area contributed by atoms with Crippen molar-refractivity contribution in [3.05, 3.63) is 0 Å². The average molecular weight is 277 g/mol. The molecule has 3 unspecified atom stereocenters. The predicted molar refractivity (Wildman–Crippen MR) is 84.4 cm³/mol. The van der Waals surface area contributed by atoms with E-state index in [1.165, 1.54) is 12.8 Å². The highest BCUT2D eigenvalue weighted by molar-refractivity contribution is 5.22. The van der Waals surface area contributed by atoms with Crippen LogP contribution in [0, 0.1) is 28.6 Å². The maximum Gasteiger partial charge on any atom is 0.0862 e. The van der Waals surface area contributed by atoms with Gasteiger partial charge in [-0.25, -0.2) is 0 Å². The molecule has 2 fully saturated rings. The summed E-state index contributed by atoms with van der Waals surface area (Å²) >= 11 is 0. The topological polar surface area (TPSA) is 23.5 Å². The van der Waals surface area contributed by atoms with Crippen LogP contribution in [0.4, 0.5) is 0 Å². The molecule has 0 aromatic rings. The lowest BCUT2D eigenvalue weighted by Gasteiger charge is -2.50. The van der Waals surface area contributed by atoms with Gasteiger partial charge in [0.2, 0.25) is 0 Å². The van der Waals surface area contributed by atoms with E-state index >= 15 is 0 Å². The van der Waals surface area contributed by atoms with Gasteiger partial charge >= 0.3 is 0 Å². The Balaban J connectivity index is 2.06. The first-order valence-corrected chi connectivity index (χ1v) is 8.21. The lowest BCUT2D eigenvalue weighted by molar-refractivity contribution is -0.138. The number of aliphatic hydroxyl groups is 1. The summed E-state index contributed by atoms with van der Waals surface area (Å²) in [5.74, 6) is 7.23. The highest BCUT2D eigenvalue weighted by Crippen LogP contribution is 2.68. The minimum atomic E-state index is -0.612. The van der Waals surface area contributed by atoms with Gasteiger partial charge < -0.3 is 5.11 Å². The highest BCUT2D eigenvalue weighted by atomic mass is 16.3. The second-order valence-corrected chi connectivity index (χ2v) is 7.57. The molecule has 2 bridgehead atoms. The fraction of sp³-hybridized carbons (Fsp3) is 0.889. The quantitative estimate of drug-likeness (QED) is 0.797. The zero-order chi connectivity index (χ0) is 15.0. The first-order chi connectivity index (χ1) is 9.30. The summed E-state index contributed by atoms with van der Waals surface area (Å²) in [4.78, 5) is 2.31. The van der Waals surface area contributed by atoms with Crippen molar-refractivity contribution in [2.45, 2.75) is 65.9 Å². The molecule has 3 atom stereocenters. The SMILES string of the molecule is CCN(CC)CC#CCC1(O)C2(C)CCC(C2)C1(C)C. The van der Waals surface area contributed by atoms with Crippen molar-refractivity contribution in [1.82, 2.24) is 4.90 Å². The summed E-state index contributed by atoms with van der Waals surface area (Å²) < 4.78 is 0. The van der Waals surface area contributed by atoms with Gasteiger partial charge in [0, 0.05) is 6.42 Å². The van der Waals surface area contributed by atoms with Gasteiger partial charge in [-0.2, -0.15) is 0 Å². The molecule has 0 heterocycles. The highest BCUT2D eigenvalue weighted by Gasteiger charge is 2.67. The van der Waals surface area contributed by atoms with E-state index in [-0.39, 0.29) is 10.8 Å². The van der Waals surface area contributed by atoms with Crippen molar-refractivity contribution in [2.24, 2.45) is 16.7 Å². The van der Waals surface area contributed by atoms with Gasteiger partial charge in [0.25, 0.3) is 0 Å². The fourth-order valence-electron chi connectivity index (χ4n) is 4.59. The normalized spacial score (nSPS) is 38.0. The molecular weight excluding hydrogens is 246 g/mol. The van der Waals surface area contributed by atoms with Crippen LogP contribution in [0.25, 0.3) is 0 Å². The number of nitrogens with zero attached hydrogens (tertiary/aromatic N) is 1. The Morgan fingerprint density at radius 2 is 1.80 bits per heavy atom. The number of hydrogen-bond acceptors (Lipinski definition) is 2. The Hall–Kier alpha value is -0.520. The second-order valence-electron chi connectivity index (χ2n) is 7.57. The van der Waals surface area contributed by atoms with Crippen molar-refractivity contribution in [1.29, 1.82) is 0 Å². The Morgan fingerprint density at radius 1 is 1.15 bits per heavy atom. The molecule has 0 saturated heterocycles. The van der Waals surface area contributed by atoms with Crippen molar-refractivity contribution < 1.29 is 5.11 Å². The molecule has 2 rings (SSSR count). The van der Waals surface area contributed by atoms with Crippen LogP contribution in [-0.4, -0.2) is 35.2 Å². The zero-order valence-electron chi connectivity index (χ0n) is 13.9. The molecule has 1 N–H and O–H groups in total. The summed E-state index contributed by atoms with van der Waals surface area (Å²) in [6.07, 6.45) is 4.25. The Labute approximate surface area is 124 Å². The first kappa shape index (κ1) is 15.9. The Bertz CT molecular complexity index is 408. The summed E-state index contributed by atoms with van der Waals surface area (Å²) in [6, 6.07) is 0. The fourth-order valence-corrected chi connectivity index (χ4v) is 4.59. The van der Waals surface area contributed by atoms with E-state index in [1.807, 2.05) is 0 Å². The van der Waals surface area contributed by atoms with E-state index in [2.05, 4.69) is 51.4 Å². The van der Waals surface area contributed by atoms with Crippen LogP contribution in [-0.2, 0) is 0 Å². The van der Waals surface area contributed by atoms with Gasteiger partial charge in [-0.3, -0.25) is 4.90 Å². The summed E-state index contributed by atoms with van der Waals surface area (Å²) in [5.41, 5.74) is -0.534. The van der Waals surface area contributed by atoms with Crippen LogP contribution >= 0.6 is 0 Å². The smallest absolute Gasteiger partial charge is 0.0862 e. The molecule has 2 saturated carbocycles. The molecule has 2 aliphatic rings. The lowest BCUT2D eigenvalue weighted by Crippen LogP contribution is -2.53. The summed E-state index contributed by atoms with van der Waals surface area (Å²) in [5, 5.41) is 11.3. The molecule has 0 aliphatic heterocycles. The maximum absolute atomic E-state index is 11.3.